The Morgan fingerprint density at radius 1 is 1.19 bits per heavy atom. The van der Waals surface area contributed by atoms with Crippen molar-refractivity contribution in [3.05, 3.63) is 46.8 Å². The molecule has 0 saturated heterocycles. The van der Waals surface area contributed by atoms with E-state index in [0.29, 0.717) is 5.58 Å². The Hall–Kier alpha value is -1.74. The minimum absolute atomic E-state index is 0.0405. The smallest absolute Gasteiger partial charge is 0.336 e. The molecule has 0 radical (unpaired) electrons. The van der Waals surface area contributed by atoms with Crippen molar-refractivity contribution in [3.8, 4) is 0 Å². The third kappa shape index (κ3) is 8.92. The Kier molecular flexibility index (Phi) is 9.22. The summed E-state index contributed by atoms with van der Waals surface area (Å²) in [6.07, 6.45) is 0. The van der Waals surface area contributed by atoms with E-state index < -0.39 is 10.1 Å². The van der Waals surface area contributed by atoms with Crippen molar-refractivity contribution in [1.29, 1.82) is 0 Å². The molecule has 118 valence electrons. The summed E-state index contributed by atoms with van der Waals surface area (Å²) in [7, 11) is -0.945. The molecule has 0 amide bonds. The maximum atomic E-state index is 10.7. The van der Waals surface area contributed by atoms with Crippen molar-refractivity contribution in [2.45, 2.75) is 0 Å². The summed E-state index contributed by atoms with van der Waals surface area (Å²) >= 11 is 0. The molecule has 2 rings (SSSR count). The summed E-state index contributed by atoms with van der Waals surface area (Å²) < 4.78 is 37.1. The number of nitrogens with two attached hydrogens (primary N) is 1. The van der Waals surface area contributed by atoms with Gasteiger partial charge >= 0.3 is 5.63 Å². The lowest BCUT2D eigenvalue weighted by Gasteiger charge is -1.91. The minimum Gasteiger partial charge on any atom is -0.423 e. The van der Waals surface area contributed by atoms with Crippen LogP contribution in [0, 0.1) is 0 Å². The highest BCUT2D eigenvalue weighted by molar-refractivity contribution is 7.85. The van der Waals surface area contributed by atoms with Gasteiger partial charge in [-0.1, -0.05) is 18.2 Å². The fourth-order valence-corrected chi connectivity index (χ4v) is 1.58. The average molecular weight is 317 g/mol. The highest BCUT2D eigenvalue weighted by Gasteiger charge is 2.00. The molecule has 0 aliphatic heterocycles. The summed E-state index contributed by atoms with van der Waals surface area (Å²) in [4.78, 5) is 10.7. The van der Waals surface area contributed by atoms with Gasteiger partial charge in [0.15, 0.2) is 0 Å². The third-order valence-electron chi connectivity index (χ3n) is 2.07. The molecule has 8 heteroatoms. The lowest BCUT2D eigenvalue weighted by atomic mass is 10.2. The van der Waals surface area contributed by atoms with E-state index in [-0.39, 0.29) is 18.0 Å². The number of hydrogen-bond donors (Lipinski definition) is 2. The van der Waals surface area contributed by atoms with Crippen LogP contribution >= 0.6 is 0 Å². The molecule has 1 aromatic heterocycles. The van der Waals surface area contributed by atoms with E-state index in [1.807, 2.05) is 18.2 Å². The van der Waals surface area contributed by atoms with E-state index in [1.54, 1.807) is 12.1 Å². The maximum absolute atomic E-state index is 10.7. The van der Waals surface area contributed by atoms with Crippen molar-refractivity contribution in [3.63, 3.8) is 0 Å². The van der Waals surface area contributed by atoms with E-state index in [1.165, 1.54) is 20.2 Å². The second-order valence-electron chi connectivity index (χ2n) is 3.57. The molecule has 21 heavy (non-hydrogen) atoms. The molecular formula is C13H19NO6S. The summed E-state index contributed by atoms with van der Waals surface area (Å²) in [5.74, 6) is -0.330. The van der Waals surface area contributed by atoms with Crippen LogP contribution in [0.5, 0.6) is 0 Å². The zero-order chi connectivity index (χ0) is 16.3. The second kappa shape index (κ2) is 10.1. The van der Waals surface area contributed by atoms with Crippen molar-refractivity contribution in [2.24, 2.45) is 5.73 Å². The predicted octanol–water partition coefficient (Wildman–Crippen LogP) is 0.889. The monoisotopic (exact) mass is 317 g/mol. The van der Waals surface area contributed by atoms with Gasteiger partial charge in [-0.3, -0.25) is 4.55 Å². The maximum Gasteiger partial charge on any atom is 0.336 e. The molecule has 0 aliphatic carbocycles. The number of rotatable bonds is 3. The van der Waals surface area contributed by atoms with Crippen LogP contribution in [0.1, 0.15) is 0 Å². The number of hydrogen-bond acceptors (Lipinski definition) is 6. The van der Waals surface area contributed by atoms with E-state index in [2.05, 4.69) is 10.5 Å². The number of ether oxygens (including phenoxy) is 1. The molecule has 7 nitrogen and oxygen atoms in total. The van der Waals surface area contributed by atoms with Crippen LogP contribution in [0.3, 0.4) is 0 Å². The van der Waals surface area contributed by atoms with Crippen molar-refractivity contribution in [1.82, 2.24) is 0 Å². The second-order valence-corrected chi connectivity index (χ2v) is 5.14. The van der Waals surface area contributed by atoms with Gasteiger partial charge in [-0.2, -0.15) is 8.42 Å². The zero-order valence-electron chi connectivity index (χ0n) is 11.9. The Morgan fingerprint density at radius 3 is 2.33 bits per heavy atom. The standard InChI is InChI=1S/C9H6O2.C3H8O4S.CH5N/c10-9-6-5-7-3-1-2-4-8(7)11-9;1-7-2-3-8(4,5)6;1-2/h1-6H;2-3H2,1H3,(H,4,5,6);2H2,1H3. The molecule has 0 unspecified atom stereocenters. The molecule has 0 saturated carbocycles. The Bertz CT molecular complexity index is 680. The Morgan fingerprint density at radius 2 is 1.81 bits per heavy atom. The molecule has 2 aromatic rings. The number of benzene rings is 1. The Labute approximate surface area is 123 Å². The zero-order valence-corrected chi connectivity index (χ0v) is 12.7. The first-order chi connectivity index (χ1) is 9.92. The van der Waals surface area contributed by atoms with E-state index in [0.717, 1.165) is 5.39 Å². The molecule has 1 heterocycles. The molecule has 0 bridgehead atoms. The number of methoxy groups -OCH3 is 1. The largest absolute Gasteiger partial charge is 0.423 e. The molecule has 0 atom stereocenters. The van der Waals surface area contributed by atoms with Gasteiger partial charge in [0.2, 0.25) is 0 Å². The van der Waals surface area contributed by atoms with Crippen LogP contribution in [0.2, 0.25) is 0 Å². The fourth-order valence-electron chi connectivity index (χ4n) is 1.20. The van der Waals surface area contributed by atoms with E-state index >= 15 is 0 Å². The van der Waals surface area contributed by atoms with Crippen molar-refractivity contribution < 1.29 is 22.1 Å². The van der Waals surface area contributed by atoms with Gasteiger partial charge < -0.3 is 14.9 Å². The summed E-state index contributed by atoms with van der Waals surface area (Å²) in [5, 5.41) is 0.951. The molecule has 0 aliphatic rings. The number of fused-ring (bicyclic) bond motifs is 1. The summed E-state index contributed by atoms with van der Waals surface area (Å²) in [5.41, 5.74) is 4.84. The van der Waals surface area contributed by atoms with Crippen LogP contribution in [-0.2, 0) is 14.9 Å². The van der Waals surface area contributed by atoms with Crippen molar-refractivity contribution >= 4 is 21.1 Å². The lowest BCUT2D eigenvalue weighted by Crippen LogP contribution is -2.08. The van der Waals surface area contributed by atoms with Gasteiger partial charge in [0.1, 0.15) is 5.58 Å². The van der Waals surface area contributed by atoms with Gasteiger partial charge in [0, 0.05) is 18.6 Å². The summed E-state index contributed by atoms with van der Waals surface area (Å²) in [6.45, 7) is 0.0405. The lowest BCUT2D eigenvalue weighted by molar-refractivity contribution is 0.215. The highest BCUT2D eigenvalue weighted by atomic mass is 32.2. The van der Waals surface area contributed by atoms with Crippen LogP contribution < -0.4 is 11.4 Å². The van der Waals surface area contributed by atoms with Crippen LogP contribution in [0.15, 0.2) is 45.6 Å². The molecule has 0 fully saturated rings. The van der Waals surface area contributed by atoms with Gasteiger partial charge in [-0.25, -0.2) is 4.79 Å². The topological polar surface area (TPSA) is 120 Å². The van der Waals surface area contributed by atoms with Gasteiger partial charge in [-0.05, 0) is 19.2 Å². The predicted molar refractivity (Wildman–Crippen MR) is 80.9 cm³/mol. The quantitative estimate of drug-likeness (QED) is 0.637. The first-order valence-electron chi connectivity index (χ1n) is 5.93. The van der Waals surface area contributed by atoms with Crippen molar-refractivity contribution in [2.75, 3.05) is 26.5 Å². The van der Waals surface area contributed by atoms with Gasteiger partial charge in [0.05, 0.1) is 12.4 Å². The average Bonchev–Trinajstić information content (AvgIpc) is 2.47. The number of para-hydroxylation sites is 1. The van der Waals surface area contributed by atoms with E-state index in [9.17, 15) is 13.2 Å². The van der Waals surface area contributed by atoms with Crippen LogP contribution in [0.25, 0.3) is 11.0 Å². The highest BCUT2D eigenvalue weighted by Crippen LogP contribution is 2.08. The Balaban J connectivity index is 0.000000358. The minimum atomic E-state index is -3.81. The normalized spacial score (nSPS) is 10.1. The molecular weight excluding hydrogens is 298 g/mol. The van der Waals surface area contributed by atoms with Crippen LogP contribution in [0.4, 0.5) is 0 Å². The third-order valence-corrected chi connectivity index (χ3v) is 2.76. The molecule has 0 spiro atoms. The van der Waals surface area contributed by atoms with E-state index in [4.69, 9.17) is 8.97 Å². The van der Waals surface area contributed by atoms with Gasteiger partial charge in [0.25, 0.3) is 10.1 Å². The fraction of sp³-hybridized carbons (Fsp3) is 0.308. The van der Waals surface area contributed by atoms with Crippen LogP contribution in [-0.4, -0.2) is 39.5 Å². The molecule has 1 aromatic carbocycles. The first-order valence-corrected chi connectivity index (χ1v) is 7.54. The van der Waals surface area contributed by atoms with Gasteiger partial charge in [-0.15, -0.1) is 0 Å². The summed E-state index contributed by atoms with van der Waals surface area (Å²) in [6, 6.07) is 10.6. The molecule has 3 N–H and O–H groups in total. The first kappa shape index (κ1) is 19.3. The SMILES string of the molecule is CN.COCCS(=O)(=O)O.O=c1ccc2ccccc2o1.